The molecule has 0 saturated heterocycles. The van der Waals surface area contributed by atoms with E-state index in [0.29, 0.717) is 0 Å². The SMILES string of the molecule is c1ccc(-c2c3c(c(-c4ccccc4)c4ccccc24)-c2ccc(N(c4ccccc4)c4cc5cccnc5c5ccccc45)c4cccc-3c24)cc1. The minimum atomic E-state index is 1.02. The van der Waals surface area contributed by atoms with Crippen LogP contribution in [0.4, 0.5) is 17.1 Å². The largest absolute Gasteiger partial charge is 0.309 e. The summed E-state index contributed by atoms with van der Waals surface area (Å²) in [6.07, 6.45) is 1.89. The third-order valence-corrected chi connectivity index (χ3v) is 11.0. The Morgan fingerprint density at radius 2 is 0.906 bits per heavy atom. The van der Waals surface area contributed by atoms with Crippen LogP contribution in [0.15, 0.2) is 194 Å². The number of benzene rings is 9. The highest BCUT2D eigenvalue weighted by Crippen LogP contribution is 2.59. The van der Waals surface area contributed by atoms with Gasteiger partial charge in [0.1, 0.15) is 0 Å². The van der Waals surface area contributed by atoms with E-state index < -0.39 is 0 Å². The Balaban J connectivity index is 1.27. The Morgan fingerprint density at radius 1 is 0.358 bits per heavy atom. The van der Waals surface area contributed by atoms with Gasteiger partial charge in [-0.25, -0.2) is 0 Å². The number of pyridine rings is 1. The van der Waals surface area contributed by atoms with E-state index in [-0.39, 0.29) is 0 Å². The van der Waals surface area contributed by atoms with Crippen molar-refractivity contribution in [2.24, 2.45) is 0 Å². The van der Waals surface area contributed by atoms with Crippen molar-refractivity contribution in [3.63, 3.8) is 0 Å². The number of fused-ring (bicyclic) bond motifs is 7. The fourth-order valence-electron chi connectivity index (χ4n) is 8.86. The van der Waals surface area contributed by atoms with Gasteiger partial charge in [-0.05, 0) is 91.0 Å². The first-order valence-corrected chi connectivity index (χ1v) is 18.2. The van der Waals surface area contributed by atoms with Gasteiger partial charge >= 0.3 is 0 Å². The van der Waals surface area contributed by atoms with E-state index in [2.05, 4.69) is 187 Å². The minimum absolute atomic E-state index is 1.02. The predicted octanol–water partition coefficient (Wildman–Crippen LogP) is 14.1. The molecule has 0 saturated carbocycles. The fraction of sp³-hybridized carbons (Fsp3) is 0. The summed E-state index contributed by atoms with van der Waals surface area (Å²) in [6.45, 7) is 0. The summed E-state index contributed by atoms with van der Waals surface area (Å²) < 4.78 is 0. The molecule has 246 valence electrons. The Morgan fingerprint density at radius 3 is 1.57 bits per heavy atom. The minimum Gasteiger partial charge on any atom is -0.309 e. The van der Waals surface area contributed by atoms with Crippen LogP contribution >= 0.6 is 0 Å². The third kappa shape index (κ3) is 4.43. The maximum Gasteiger partial charge on any atom is 0.0781 e. The Labute approximate surface area is 307 Å². The number of hydrogen-bond acceptors (Lipinski definition) is 2. The highest BCUT2D eigenvalue weighted by Gasteiger charge is 2.32. The summed E-state index contributed by atoms with van der Waals surface area (Å²) in [7, 11) is 0. The lowest BCUT2D eigenvalue weighted by Gasteiger charge is -2.29. The second kappa shape index (κ2) is 11.8. The summed E-state index contributed by atoms with van der Waals surface area (Å²) in [4.78, 5) is 7.28. The molecule has 1 heterocycles. The smallest absolute Gasteiger partial charge is 0.0781 e. The number of rotatable bonds is 5. The van der Waals surface area contributed by atoms with Crippen molar-refractivity contribution in [2.45, 2.75) is 0 Å². The molecule has 1 aliphatic carbocycles. The van der Waals surface area contributed by atoms with Gasteiger partial charge in [0.15, 0.2) is 0 Å². The van der Waals surface area contributed by atoms with Gasteiger partial charge in [-0.2, -0.15) is 0 Å². The number of para-hydroxylation sites is 1. The predicted molar refractivity (Wildman–Crippen MR) is 224 cm³/mol. The van der Waals surface area contributed by atoms with Crippen LogP contribution < -0.4 is 4.90 Å². The zero-order valence-corrected chi connectivity index (χ0v) is 28.9. The van der Waals surface area contributed by atoms with Gasteiger partial charge in [-0.3, -0.25) is 4.98 Å². The van der Waals surface area contributed by atoms with Crippen molar-refractivity contribution in [2.75, 3.05) is 4.90 Å². The summed E-state index contributed by atoms with van der Waals surface area (Å²) in [5.41, 5.74) is 14.6. The molecule has 0 N–H and O–H groups in total. The summed E-state index contributed by atoms with van der Waals surface area (Å²) in [6, 6.07) is 68.4. The summed E-state index contributed by atoms with van der Waals surface area (Å²) in [5.74, 6) is 0. The molecule has 0 amide bonds. The van der Waals surface area contributed by atoms with E-state index in [9.17, 15) is 0 Å². The summed E-state index contributed by atoms with van der Waals surface area (Å²) >= 11 is 0. The third-order valence-electron chi connectivity index (χ3n) is 11.0. The van der Waals surface area contributed by atoms with Gasteiger partial charge < -0.3 is 4.90 Å². The van der Waals surface area contributed by atoms with Crippen LogP contribution in [0.2, 0.25) is 0 Å². The fourth-order valence-corrected chi connectivity index (χ4v) is 8.86. The van der Waals surface area contributed by atoms with Crippen LogP contribution in [0.1, 0.15) is 0 Å². The van der Waals surface area contributed by atoms with E-state index in [4.69, 9.17) is 4.98 Å². The molecule has 0 radical (unpaired) electrons. The molecule has 0 fully saturated rings. The first-order chi connectivity index (χ1) is 26.3. The highest BCUT2D eigenvalue weighted by atomic mass is 15.1. The summed E-state index contributed by atoms with van der Waals surface area (Å²) in [5, 5.41) is 8.47. The van der Waals surface area contributed by atoms with Crippen LogP contribution in [-0.4, -0.2) is 4.98 Å². The molecule has 0 bridgehead atoms. The molecule has 0 spiro atoms. The van der Waals surface area contributed by atoms with Gasteiger partial charge in [0.25, 0.3) is 0 Å². The molecule has 9 aromatic carbocycles. The van der Waals surface area contributed by atoms with Crippen molar-refractivity contribution in [1.29, 1.82) is 0 Å². The first kappa shape index (κ1) is 29.7. The van der Waals surface area contributed by atoms with Crippen LogP contribution in [-0.2, 0) is 0 Å². The van der Waals surface area contributed by atoms with Crippen molar-refractivity contribution in [1.82, 2.24) is 4.98 Å². The molecule has 0 atom stereocenters. The lowest BCUT2D eigenvalue weighted by atomic mass is 9.82. The van der Waals surface area contributed by atoms with Gasteiger partial charge in [-0.15, -0.1) is 0 Å². The molecule has 11 rings (SSSR count). The number of nitrogens with zero attached hydrogens (tertiary/aromatic N) is 2. The second-order valence-corrected chi connectivity index (χ2v) is 13.8. The second-order valence-electron chi connectivity index (χ2n) is 13.8. The standard InChI is InChI=1S/C51H32N2/c1-4-16-33(17-5-1)46-38-24-11-12-25-39(38)47(34-18-6-2-7-19-34)50-43-29-30-44(41-27-14-28-42(48(41)43)49(46)50)53(36-21-8-3-9-22-36)45-32-35-20-15-31-52-51(35)40-26-13-10-23-37(40)45/h1-32H. The monoisotopic (exact) mass is 672 g/mol. The topological polar surface area (TPSA) is 16.1 Å². The Kier molecular flexibility index (Phi) is 6.59. The Bertz CT molecular complexity index is 2950. The number of aromatic nitrogens is 1. The van der Waals surface area contributed by atoms with Crippen molar-refractivity contribution in [3.05, 3.63) is 194 Å². The van der Waals surface area contributed by atoms with Crippen LogP contribution in [0.5, 0.6) is 0 Å². The lowest BCUT2D eigenvalue weighted by molar-refractivity contribution is 1.31. The van der Waals surface area contributed by atoms with Crippen molar-refractivity contribution in [3.8, 4) is 44.5 Å². The maximum absolute atomic E-state index is 4.83. The molecule has 10 aromatic rings. The van der Waals surface area contributed by atoms with Gasteiger partial charge in [0, 0.05) is 33.4 Å². The average molecular weight is 673 g/mol. The van der Waals surface area contributed by atoms with E-state index in [0.717, 1.165) is 38.7 Å². The van der Waals surface area contributed by atoms with E-state index in [1.165, 1.54) is 66.1 Å². The lowest BCUT2D eigenvalue weighted by Crippen LogP contribution is -2.11. The van der Waals surface area contributed by atoms with Gasteiger partial charge in [0.05, 0.1) is 16.9 Å². The number of hydrogen-bond donors (Lipinski definition) is 0. The molecule has 1 aromatic heterocycles. The van der Waals surface area contributed by atoms with Crippen LogP contribution in [0.25, 0.3) is 87.7 Å². The van der Waals surface area contributed by atoms with E-state index in [1.807, 2.05) is 12.3 Å². The molecule has 0 unspecified atom stereocenters. The molecule has 53 heavy (non-hydrogen) atoms. The molecule has 2 heteroatoms. The van der Waals surface area contributed by atoms with Crippen molar-refractivity contribution < 1.29 is 0 Å². The quantitative estimate of drug-likeness (QED) is 0.169. The van der Waals surface area contributed by atoms with E-state index in [1.54, 1.807) is 0 Å². The average Bonchev–Trinajstić information content (AvgIpc) is 3.56. The van der Waals surface area contributed by atoms with E-state index >= 15 is 0 Å². The van der Waals surface area contributed by atoms with Crippen LogP contribution in [0.3, 0.4) is 0 Å². The van der Waals surface area contributed by atoms with Crippen molar-refractivity contribution >= 4 is 60.3 Å². The van der Waals surface area contributed by atoms with Crippen LogP contribution in [0, 0.1) is 0 Å². The van der Waals surface area contributed by atoms with Gasteiger partial charge in [0.2, 0.25) is 0 Å². The molecule has 0 aliphatic heterocycles. The Hall–Kier alpha value is -7.03. The normalized spacial score (nSPS) is 11.8. The maximum atomic E-state index is 4.83. The highest BCUT2D eigenvalue weighted by molar-refractivity contribution is 6.29. The van der Waals surface area contributed by atoms with Gasteiger partial charge in [-0.1, -0.05) is 158 Å². The molecular weight excluding hydrogens is 641 g/mol. The zero-order chi connectivity index (χ0) is 34.9. The molecular formula is C51H32N2. The molecule has 2 nitrogen and oxygen atoms in total. The number of anilines is 3. The zero-order valence-electron chi connectivity index (χ0n) is 28.9. The first-order valence-electron chi connectivity index (χ1n) is 18.2. The molecule has 1 aliphatic rings.